The van der Waals surface area contributed by atoms with E-state index in [0.717, 1.165) is 10.9 Å². The van der Waals surface area contributed by atoms with Crippen molar-refractivity contribution in [1.29, 1.82) is 0 Å². The molecule has 1 heterocycles. The van der Waals surface area contributed by atoms with Gasteiger partial charge in [0.25, 0.3) is 0 Å². The molecule has 1 rings (SSSR count). The first kappa shape index (κ1) is 11.9. The second kappa shape index (κ2) is 7.18. The van der Waals surface area contributed by atoms with Crippen molar-refractivity contribution >= 4 is 21.6 Å². The molecular weight excluding hydrogens is 210 g/mol. The van der Waals surface area contributed by atoms with Crippen LogP contribution in [0.25, 0.3) is 0 Å². The summed E-state index contributed by atoms with van der Waals surface area (Å²) in [6.07, 6.45) is 4.48. The van der Waals surface area contributed by atoms with Gasteiger partial charge in [-0.3, -0.25) is 0 Å². The van der Waals surface area contributed by atoms with Crippen LogP contribution in [-0.2, 0) is 0 Å². The normalized spacial score (nSPS) is 10.8. The number of rotatable bonds is 6. The molecule has 0 fully saturated rings. The molecule has 78 valence electrons. The smallest absolute Gasteiger partial charge is 0.106 e. The number of hydrogen-bond acceptors (Lipinski definition) is 3. The summed E-state index contributed by atoms with van der Waals surface area (Å²) in [7, 11) is 3.68. The molecule has 0 amide bonds. The molecule has 1 aromatic rings. The predicted octanol–water partition coefficient (Wildman–Crippen LogP) is 4.26. The van der Waals surface area contributed by atoms with Crippen LogP contribution in [0, 0.1) is 5.92 Å². The lowest BCUT2D eigenvalue weighted by Gasteiger charge is -2.03. The highest BCUT2D eigenvalue weighted by atomic mass is 33.1. The topological polar surface area (TPSA) is 12.9 Å². The van der Waals surface area contributed by atoms with Gasteiger partial charge in [-0.1, -0.05) is 37.1 Å². The fourth-order valence-electron chi connectivity index (χ4n) is 1.05. The summed E-state index contributed by atoms with van der Waals surface area (Å²) in [5.41, 5.74) is 0. The fourth-order valence-corrected chi connectivity index (χ4v) is 3.04. The van der Waals surface area contributed by atoms with Gasteiger partial charge in [0.1, 0.15) is 5.03 Å². The molecular formula is C11H17NS2. The molecule has 0 spiro atoms. The molecule has 0 atom stereocenters. The van der Waals surface area contributed by atoms with Crippen molar-refractivity contribution in [2.45, 2.75) is 31.7 Å². The van der Waals surface area contributed by atoms with Gasteiger partial charge in [-0.15, -0.1) is 0 Å². The lowest BCUT2D eigenvalue weighted by molar-refractivity contribution is 0.579. The minimum Gasteiger partial charge on any atom is -0.249 e. The Morgan fingerprint density at radius 3 is 2.86 bits per heavy atom. The maximum absolute atomic E-state index is 4.25. The van der Waals surface area contributed by atoms with E-state index >= 15 is 0 Å². The Morgan fingerprint density at radius 1 is 1.36 bits per heavy atom. The molecule has 0 radical (unpaired) electrons. The van der Waals surface area contributed by atoms with Crippen LogP contribution in [0.3, 0.4) is 0 Å². The van der Waals surface area contributed by atoms with Gasteiger partial charge >= 0.3 is 0 Å². The molecule has 1 nitrogen and oxygen atoms in total. The van der Waals surface area contributed by atoms with Gasteiger partial charge in [-0.05, 0) is 35.3 Å². The zero-order valence-electron chi connectivity index (χ0n) is 8.77. The van der Waals surface area contributed by atoms with Crippen LogP contribution in [0.2, 0.25) is 0 Å². The summed E-state index contributed by atoms with van der Waals surface area (Å²) in [5.74, 6) is 2.05. The van der Waals surface area contributed by atoms with E-state index in [1.807, 2.05) is 29.1 Å². The molecule has 0 unspecified atom stereocenters. The molecule has 0 aliphatic rings. The molecule has 0 saturated heterocycles. The minimum absolute atomic E-state index is 0.829. The highest BCUT2D eigenvalue weighted by Crippen LogP contribution is 2.29. The monoisotopic (exact) mass is 227 g/mol. The second-order valence-corrected chi connectivity index (χ2v) is 6.05. The maximum atomic E-state index is 4.25. The Kier molecular flexibility index (Phi) is 6.12. The lowest BCUT2D eigenvalue weighted by atomic mass is 10.1. The van der Waals surface area contributed by atoms with Crippen molar-refractivity contribution in [1.82, 2.24) is 4.98 Å². The highest BCUT2D eigenvalue weighted by Gasteiger charge is 1.96. The molecule has 0 aliphatic carbocycles. The molecule has 0 N–H and O–H groups in total. The van der Waals surface area contributed by atoms with Crippen molar-refractivity contribution in [3.05, 3.63) is 24.4 Å². The first-order valence-electron chi connectivity index (χ1n) is 4.99. The van der Waals surface area contributed by atoms with Crippen molar-refractivity contribution in [2.75, 3.05) is 5.75 Å². The van der Waals surface area contributed by atoms with E-state index < -0.39 is 0 Å². The van der Waals surface area contributed by atoms with E-state index in [4.69, 9.17) is 0 Å². The minimum atomic E-state index is 0.829. The van der Waals surface area contributed by atoms with Gasteiger partial charge in [0.05, 0.1) is 0 Å². The summed E-state index contributed by atoms with van der Waals surface area (Å²) in [4.78, 5) is 4.25. The van der Waals surface area contributed by atoms with Gasteiger partial charge in [-0.2, -0.15) is 0 Å². The van der Waals surface area contributed by atoms with Gasteiger partial charge < -0.3 is 0 Å². The average Bonchev–Trinajstić information content (AvgIpc) is 2.18. The summed E-state index contributed by atoms with van der Waals surface area (Å²) in [6, 6.07) is 6.04. The first-order valence-corrected chi connectivity index (χ1v) is 7.31. The highest BCUT2D eigenvalue weighted by molar-refractivity contribution is 8.76. The van der Waals surface area contributed by atoms with Gasteiger partial charge in [0.15, 0.2) is 0 Å². The molecule has 14 heavy (non-hydrogen) atoms. The molecule has 0 bridgehead atoms. The molecule has 1 aromatic heterocycles. The summed E-state index contributed by atoms with van der Waals surface area (Å²) >= 11 is 0. The van der Waals surface area contributed by atoms with Crippen LogP contribution in [0.1, 0.15) is 26.7 Å². The van der Waals surface area contributed by atoms with E-state index in [0.29, 0.717) is 0 Å². The van der Waals surface area contributed by atoms with Crippen LogP contribution < -0.4 is 0 Å². The lowest BCUT2D eigenvalue weighted by Crippen LogP contribution is -1.87. The summed E-state index contributed by atoms with van der Waals surface area (Å²) < 4.78 is 0. The maximum Gasteiger partial charge on any atom is 0.106 e. The number of pyridine rings is 1. The fraction of sp³-hybridized carbons (Fsp3) is 0.545. The number of hydrogen-bond donors (Lipinski definition) is 0. The van der Waals surface area contributed by atoms with Crippen LogP contribution in [-0.4, -0.2) is 10.7 Å². The van der Waals surface area contributed by atoms with Gasteiger partial charge in [0.2, 0.25) is 0 Å². The third-order valence-corrected chi connectivity index (χ3v) is 4.14. The number of aromatic nitrogens is 1. The molecule has 3 heteroatoms. The SMILES string of the molecule is CC(C)CCCSSc1ccccn1. The van der Waals surface area contributed by atoms with Crippen LogP contribution >= 0.6 is 21.6 Å². The zero-order chi connectivity index (χ0) is 10.2. The zero-order valence-corrected chi connectivity index (χ0v) is 10.4. The third kappa shape index (κ3) is 5.55. The summed E-state index contributed by atoms with van der Waals surface area (Å²) in [5, 5.41) is 1.11. The van der Waals surface area contributed by atoms with Gasteiger partial charge in [-0.25, -0.2) is 4.98 Å². The van der Waals surface area contributed by atoms with Crippen molar-refractivity contribution in [2.24, 2.45) is 5.92 Å². The van der Waals surface area contributed by atoms with Crippen molar-refractivity contribution in [3.8, 4) is 0 Å². The first-order chi connectivity index (χ1) is 6.79. The van der Waals surface area contributed by atoms with Crippen molar-refractivity contribution < 1.29 is 0 Å². The summed E-state index contributed by atoms with van der Waals surface area (Å²) in [6.45, 7) is 4.55. The van der Waals surface area contributed by atoms with E-state index in [1.54, 1.807) is 10.8 Å². The third-order valence-electron chi connectivity index (χ3n) is 1.79. The largest absolute Gasteiger partial charge is 0.249 e. The van der Waals surface area contributed by atoms with Crippen LogP contribution in [0.15, 0.2) is 29.4 Å². The van der Waals surface area contributed by atoms with Crippen molar-refractivity contribution in [3.63, 3.8) is 0 Å². The Morgan fingerprint density at radius 2 is 2.21 bits per heavy atom. The van der Waals surface area contributed by atoms with E-state index in [2.05, 4.69) is 24.9 Å². The molecule has 0 saturated carbocycles. The molecule has 0 aliphatic heterocycles. The Balaban J connectivity index is 2.05. The Labute approximate surface area is 94.5 Å². The second-order valence-electron chi connectivity index (χ2n) is 3.61. The average molecular weight is 227 g/mol. The van der Waals surface area contributed by atoms with E-state index in [-0.39, 0.29) is 0 Å². The number of nitrogens with zero attached hydrogens (tertiary/aromatic N) is 1. The Hall–Kier alpha value is -0.150. The predicted molar refractivity (Wildman–Crippen MR) is 66.6 cm³/mol. The van der Waals surface area contributed by atoms with Gasteiger partial charge in [0, 0.05) is 11.9 Å². The quantitative estimate of drug-likeness (QED) is 0.532. The van der Waals surface area contributed by atoms with E-state index in [1.165, 1.54) is 18.6 Å². The standard InChI is InChI=1S/C11H17NS2/c1-10(2)6-5-9-13-14-11-7-3-4-8-12-11/h3-4,7-8,10H,5-6,9H2,1-2H3. The van der Waals surface area contributed by atoms with Crippen LogP contribution in [0.4, 0.5) is 0 Å². The Bertz CT molecular complexity index is 236. The molecule has 0 aromatic carbocycles. The van der Waals surface area contributed by atoms with E-state index in [9.17, 15) is 0 Å². The van der Waals surface area contributed by atoms with Crippen LogP contribution in [0.5, 0.6) is 0 Å².